The van der Waals surface area contributed by atoms with Crippen molar-refractivity contribution >= 4 is 28.5 Å². The van der Waals surface area contributed by atoms with Crippen LogP contribution >= 0.6 is 11.6 Å². The van der Waals surface area contributed by atoms with Crippen molar-refractivity contribution in [2.45, 2.75) is 26.8 Å². The van der Waals surface area contributed by atoms with Crippen molar-refractivity contribution in [1.82, 2.24) is 14.5 Å². The van der Waals surface area contributed by atoms with Gasteiger partial charge in [-0.05, 0) is 32.9 Å². The highest BCUT2D eigenvalue weighted by molar-refractivity contribution is 6.33. The van der Waals surface area contributed by atoms with Crippen molar-refractivity contribution in [3.05, 3.63) is 40.4 Å². The highest BCUT2D eigenvalue weighted by Crippen LogP contribution is 2.35. The van der Waals surface area contributed by atoms with Gasteiger partial charge < -0.3 is 10.3 Å². The number of benzene rings is 1. The maximum Gasteiger partial charge on any atom is 0.220 e. The summed E-state index contributed by atoms with van der Waals surface area (Å²) in [5.74, 6) is -0.433. The predicted octanol–water partition coefficient (Wildman–Crippen LogP) is 4.23. The van der Waals surface area contributed by atoms with Crippen LogP contribution in [0.4, 0.5) is 10.3 Å². The van der Waals surface area contributed by atoms with Crippen molar-refractivity contribution in [3.8, 4) is 17.3 Å². The Morgan fingerprint density at radius 2 is 2.08 bits per heavy atom. The molecular weight excluding hydrogens is 329 g/mol. The number of rotatable bonds is 2. The van der Waals surface area contributed by atoms with Gasteiger partial charge in [-0.3, -0.25) is 0 Å². The Bertz CT molecular complexity index is 1000. The molecule has 2 aromatic heterocycles. The third-order valence-electron chi connectivity index (χ3n) is 3.97. The molecule has 0 aliphatic carbocycles. The summed E-state index contributed by atoms with van der Waals surface area (Å²) in [5, 5.41) is 10.0. The fourth-order valence-corrected chi connectivity index (χ4v) is 3.23. The molecule has 0 unspecified atom stereocenters. The van der Waals surface area contributed by atoms with E-state index in [4.69, 9.17) is 17.3 Å². The van der Waals surface area contributed by atoms with Crippen molar-refractivity contribution in [2.75, 3.05) is 5.73 Å². The van der Waals surface area contributed by atoms with Gasteiger partial charge in [-0.1, -0.05) is 11.6 Å². The Morgan fingerprint density at radius 3 is 2.71 bits per heavy atom. The van der Waals surface area contributed by atoms with E-state index < -0.39 is 5.82 Å². The molecule has 0 saturated heterocycles. The van der Waals surface area contributed by atoms with Crippen LogP contribution in [-0.2, 0) is 0 Å². The first-order chi connectivity index (χ1) is 11.3. The normalized spacial score (nSPS) is 11.2. The van der Waals surface area contributed by atoms with Crippen LogP contribution in [0.1, 0.15) is 31.1 Å². The quantitative estimate of drug-likeness (QED) is 0.754. The molecule has 24 heavy (non-hydrogen) atoms. The lowest BCUT2D eigenvalue weighted by molar-refractivity contribution is 0.606. The maximum atomic E-state index is 14.8. The lowest BCUT2D eigenvalue weighted by Crippen LogP contribution is -2.03. The summed E-state index contributed by atoms with van der Waals surface area (Å²) in [6.45, 7) is 5.77. The minimum absolute atomic E-state index is 0.0584. The molecule has 0 fully saturated rings. The smallest absolute Gasteiger partial charge is 0.220 e. The summed E-state index contributed by atoms with van der Waals surface area (Å²) in [5.41, 5.74) is 8.17. The summed E-state index contributed by atoms with van der Waals surface area (Å²) in [4.78, 5) is 7.93. The number of aromatic nitrogens is 3. The third kappa shape index (κ3) is 2.38. The average Bonchev–Trinajstić information content (AvgIpc) is 2.81. The van der Waals surface area contributed by atoms with Gasteiger partial charge in [-0.15, -0.1) is 0 Å². The second-order valence-corrected chi connectivity index (χ2v) is 6.22. The molecule has 122 valence electrons. The standard InChI is InChI=1S/C17H15ClFN5/c1-8(2)24-9(3)11(6-20)15-13(19)4-10(5-14(15)24)16-12(18)7-22-17(21)23-16/h4-5,7-8H,1-3H3,(H2,21,22,23). The number of fused-ring (bicyclic) bond motifs is 1. The molecule has 0 amide bonds. The minimum Gasteiger partial charge on any atom is -0.368 e. The number of hydrogen-bond donors (Lipinski definition) is 1. The van der Waals surface area contributed by atoms with Gasteiger partial charge in [-0.25, -0.2) is 14.4 Å². The highest BCUT2D eigenvalue weighted by Gasteiger charge is 2.21. The zero-order chi connectivity index (χ0) is 17.6. The number of nitrogen functional groups attached to an aromatic ring is 1. The second kappa shape index (κ2) is 5.77. The molecule has 1 aromatic carbocycles. The molecule has 5 nitrogen and oxygen atoms in total. The van der Waals surface area contributed by atoms with E-state index in [0.717, 1.165) is 5.69 Å². The predicted molar refractivity (Wildman–Crippen MR) is 92.2 cm³/mol. The van der Waals surface area contributed by atoms with Crippen LogP contribution in [0.25, 0.3) is 22.2 Å². The number of nitrogens with zero attached hydrogens (tertiary/aromatic N) is 4. The summed E-state index contributed by atoms with van der Waals surface area (Å²) in [6, 6.07) is 5.26. The molecule has 3 rings (SSSR count). The second-order valence-electron chi connectivity index (χ2n) is 5.81. The van der Waals surface area contributed by atoms with Crippen LogP contribution < -0.4 is 5.73 Å². The summed E-state index contributed by atoms with van der Waals surface area (Å²) in [6.07, 6.45) is 1.38. The Balaban J connectivity index is 2.41. The van der Waals surface area contributed by atoms with Crippen molar-refractivity contribution in [2.24, 2.45) is 0 Å². The molecule has 0 saturated carbocycles. The number of anilines is 1. The van der Waals surface area contributed by atoms with Gasteiger partial charge in [0.1, 0.15) is 11.9 Å². The number of nitrogens with two attached hydrogens (primary N) is 1. The van der Waals surface area contributed by atoms with E-state index in [2.05, 4.69) is 16.0 Å². The monoisotopic (exact) mass is 343 g/mol. The van der Waals surface area contributed by atoms with Crippen molar-refractivity contribution in [1.29, 1.82) is 5.26 Å². The minimum atomic E-state index is -0.491. The summed E-state index contributed by atoms with van der Waals surface area (Å²) < 4.78 is 16.7. The molecule has 0 atom stereocenters. The Kier molecular flexibility index (Phi) is 3.90. The van der Waals surface area contributed by atoms with Gasteiger partial charge in [0, 0.05) is 17.3 Å². The molecule has 7 heteroatoms. The average molecular weight is 344 g/mol. The van der Waals surface area contributed by atoms with E-state index in [1.807, 2.05) is 25.3 Å². The van der Waals surface area contributed by atoms with Crippen LogP contribution in [0, 0.1) is 24.1 Å². The summed E-state index contributed by atoms with van der Waals surface area (Å²) >= 11 is 6.14. The van der Waals surface area contributed by atoms with E-state index in [1.54, 1.807) is 6.07 Å². The molecule has 0 bridgehead atoms. The van der Waals surface area contributed by atoms with E-state index in [-0.39, 0.29) is 17.0 Å². The van der Waals surface area contributed by atoms with Gasteiger partial charge in [-0.2, -0.15) is 5.26 Å². The first kappa shape index (κ1) is 16.2. The molecule has 0 spiro atoms. The fourth-order valence-electron chi connectivity index (χ4n) is 3.03. The fraction of sp³-hybridized carbons (Fsp3) is 0.235. The largest absolute Gasteiger partial charge is 0.368 e. The zero-order valence-electron chi connectivity index (χ0n) is 13.4. The van der Waals surface area contributed by atoms with Crippen LogP contribution in [-0.4, -0.2) is 14.5 Å². The van der Waals surface area contributed by atoms with Gasteiger partial charge in [0.2, 0.25) is 5.95 Å². The van der Waals surface area contributed by atoms with Crippen molar-refractivity contribution < 1.29 is 4.39 Å². The van der Waals surface area contributed by atoms with Gasteiger partial charge in [0.05, 0.1) is 33.4 Å². The van der Waals surface area contributed by atoms with Crippen LogP contribution in [0.5, 0.6) is 0 Å². The first-order valence-electron chi connectivity index (χ1n) is 7.37. The first-order valence-corrected chi connectivity index (χ1v) is 7.75. The van der Waals surface area contributed by atoms with Gasteiger partial charge in [0.15, 0.2) is 0 Å². The zero-order valence-corrected chi connectivity index (χ0v) is 14.2. The topological polar surface area (TPSA) is 80.5 Å². The summed E-state index contributed by atoms with van der Waals surface area (Å²) in [7, 11) is 0. The van der Waals surface area contributed by atoms with Gasteiger partial charge in [0.25, 0.3) is 0 Å². The van der Waals surface area contributed by atoms with E-state index in [1.165, 1.54) is 12.3 Å². The Hall–Kier alpha value is -2.65. The Morgan fingerprint density at radius 1 is 1.38 bits per heavy atom. The molecule has 0 radical (unpaired) electrons. The lowest BCUT2D eigenvalue weighted by atomic mass is 10.1. The third-order valence-corrected chi connectivity index (χ3v) is 4.24. The Labute approximate surface area is 143 Å². The molecule has 3 aromatic rings. The maximum absolute atomic E-state index is 14.8. The van der Waals surface area contributed by atoms with E-state index in [0.29, 0.717) is 27.7 Å². The molecule has 0 aliphatic rings. The van der Waals surface area contributed by atoms with Crippen LogP contribution in [0.2, 0.25) is 5.02 Å². The molecule has 2 N–H and O–H groups in total. The highest BCUT2D eigenvalue weighted by atomic mass is 35.5. The molecular formula is C17H15ClFN5. The van der Waals surface area contributed by atoms with Crippen LogP contribution in [0.3, 0.4) is 0 Å². The van der Waals surface area contributed by atoms with E-state index >= 15 is 0 Å². The molecule has 2 heterocycles. The molecule has 0 aliphatic heterocycles. The number of hydrogen-bond acceptors (Lipinski definition) is 4. The SMILES string of the molecule is Cc1c(C#N)c2c(F)cc(-c3nc(N)ncc3Cl)cc2n1C(C)C. The van der Waals surface area contributed by atoms with Gasteiger partial charge >= 0.3 is 0 Å². The lowest BCUT2D eigenvalue weighted by Gasteiger charge is -2.13. The van der Waals surface area contributed by atoms with Crippen molar-refractivity contribution in [3.63, 3.8) is 0 Å². The number of halogens is 2. The number of nitriles is 1. The van der Waals surface area contributed by atoms with E-state index in [9.17, 15) is 9.65 Å². The van der Waals surface area contributed by atoms with Crippen LogP contribution in [0.15, 0.2) is 18.3 Å².